The number of nitrogens with two attached hydrogens (primary N) is 1. The summed E-state index contributed by atoms with van der Waals surface area (Å²) in [5.41, 5.74) is 7.35. The molecular formula is C11H16BrN3O. The number of amides is 1. The molecule has 0 aliphatic carbocycles. The molecule has 0 aliphatic rings. The lowest BCUT2D eigenvalue weighted by molar-refractivity contribution is -0.117. The second-order valence-electron chi connectivity index (χ2n) is 3.72. The number of halogens is 1. The van der Waals surface area contributed by atoms with Gasteiger partial charge >= 0.3 is 0 Å². The van der Waals surface area contributed by atoms with Gasteiger partial charge in [-0.15, -0.1) is 0 Å². The van der Waals surface area contributed by atoms with Crippen LogP contribution in [-0.2, 0) is 4.79 Å². The van der Waals surface area contributed by atoms with E-state index in [9.17, 15) is 4.79 Å². The molecule has 3 N–H and O–H groups in total. The van der Waals surface area contributed by atoms with Crippen LogP contribution in [0.15, 0.2) is 16.9 Å². The number of nitrogens with zero attached hydrogens (tertiary/aromatic N) is 1. The van der Waals surface area contributed by atoms with Crippen molar-refractivity contribution in [2.45, 2.75) is 32.7 Å². The van der Waals surface area contributed by atoms with Crippen molar-refractivity contribution in [2.24, 2.45) is 5.73 Å². The van der Waals surface area contributed by atoms with E-state index in [2.05, 4.69) is 26.2 Å². The summed E-state index contributed by atoms with van der Waals surface area (Å²) in [5.74, 6) is -0.162. The molecule has 0 aliphatic heterocycles. The molecule has 0 aromatic carbocycles. The number of hydrogen-bond donors (Lipinski definition) is 2. The molecule has 4 nitrogen and oxygen atoms in total. The molecule has 0 unspecified atom stereocenters. The molecule has 0 saturated carbocycles. The van der Waals surface area contributed by atoms with Gasteiger partial charge in [-0.3, -0.25) is 4.79 Å². The van der Waals surface area contributed by atoms with Crippen molar-refractivity contribution in [1.82, 2.24) is 4.98 Å². The smallest absolute Gasteiger partial charge is 0.241 e. The maximum atomic E-state index is 11.6. The zero-order valence-corrected chi connectivity index (χ0v) is 11.0. The van der Waals surface area contributed by atoms with Gasteiger partial charge in [0.2, 0.25) is 5.91 Å². The van der Waals surface area contributed by atoms with Gasteiger partial charge in [-0.1, -0.05) is 13.3 Å². The normalized spacial score (nSPS) is 12.2. The lowest BCUT2D eigenvalue weighted by Crippen LogP contribution is -2.35. The first-order valence-corrected chi connectivity index (χ1v) is 6.02. The minimum Gasteiger partial charge on any atom is -0.323 e. The molecule has 1 aromatic rings. The average molecular weight is 286 g/mol. The highest BCUT2D eigenvalue weighted by Crippen LogP contribution is 2.16. The predicted octanol–water partition coefficient (Wildman–Crippen LogP) is 2.22. The van der Waals surface area contributed by atoms with Gasteiger partial charge < -0.3 is 11.1 Å². The van der Waals surface area contributed by atoms with Crippen molar-refractivity contribution in [1.29, 1.82) is 0 Å². The van der Waals surface area contributed by atoms with Crippen molar-refractivity contribution in [3.05, 3.63) is 22.4 Å². The van der Waals surface area contributed by atoms with E-state index in [-0.39, 0.29) is 5.91 Å². The molecule has 16 heavy (non-hydrogen) atoms. The van der Waals surface area contributed by atoms with Gasteiger partial charge in [0.1, 0.15) is 4.60 Å². The van der Waals surface area contributed by atoms with Crippen molar-refractivity contribution >= 4 is 27.5 Å². The lowest BCUT2D eigenvalue weighted by atomic mass is 10.1. The number of carbonyl (C=O) groups is 1. The summed E-state index contributed by atoms with van der Waals surface area (Å²) >= 11 is 3.30. The molecule has 1 amide bonds. The minimum absolute atomic E-state index is 0.162. The third-order valence-electron chi connectivity index (χ3n) is 2.22. The Morgan fingerprint density at radius 1 is 1.69 bits per heavy atom. The highest BCUT2D eigenvalue weighted by atomic mass is 79.9. The maximum absolute atomic E-state index is 11.6. The van der Waals surface area contributed by atoms with Crippen LogP contribution in [0.5, 0.6) is 0 Å². The van der Waals surface area contributed by atoms with E-state index in [0.29, 0.717) is 12.1 Å². The Hall–Kier alpha value is -0.940. The largest absolute Gasteiger partial charge is 0.323 e. The first-order chi connectivity index (χ1) is 7.54. The van der Waals surface area contributed by atoms with Gasteiger partial charge in [0.05, 0.1) is 17.9 Å². The molecule has 0 spiro atoms. The number of rotatable bonds is 4. The first kappa shape index (κ1) is 13.1. The lowest BCUT2D eigenvalue weighted by Gasteiger charge is -2.11. The van der Waals surface area contributed by atoms with Crippen LogP contribution >= 0.6 is 15.9 Å². The summed E-state index contributed by atoms with van der Waals surface area (Å²) in [6, 6.07) is 1.40. The molecule has 5 heteroatoms. The monoisotopic (exact) mass is 285 g/mol. The molecule has 1 aromatic heterocycles. The van der Waals surface area contributed by atoms with Gasteiger partial charge in [0, 0.05) is 0 Å². The summed E-state index contributed by atoms with van der Waals surface area (Å²) in [4.78, 5) is 15.7. The Bertz CT molecular complexity index is 381. The fraction of sp³-hybridized carbons (Fsp3) is 0.455. The van der Waals surface area contributed by atoms with Crippen molar-refractivity contribution in [3.63, 3.8) is 0 Å². The highest BCUT2D eigenvalue weighted by Gasteiger charge is 2.12. The molecule has 0 fully saturated rings. The fourth-order valence-corrected chi connectivity index (χ4v) is 1.52. The summed E-state index contributed by atoms with van der Waals surface area (Å²) in [5, 5.41) is 2.75. The first-order valence-electron chi connectivity index (χ1n) is 5.23. The van der Waals surface area contributed by atoms with Crippen molar-refractivity contribution < 1.29 is 4.79 Å². The molecule has 88 valence electrons. The van der Waals surface area contributed by atoms with Crippen LogP contribution in [0.3, 0.4) is 0 Å². The number of nitrogens with one attached hydrogen (secondary N) is 1. The van der Waals surface area contributed by atoms with Crippen LogP contribution in [0.1, 0.15) is 25.3 Å². The van der Waals surface area contributed by atoms with E-state index >= 15 is 0 Å². The molecule has 0 radical (unpaired) electrons. The molecular weight excluding hydrogens is 270 g/mol. The summed E-state index contributed by atoms with van der Waals surface area (Å²) in [6.45, 7) is 3.91. The SMILES string of the molecule is CCC[C@H](N)C(=O)Nc1cnc(Br)c(C)c1. The van der Waals surface area contributed by atoms with Crippen LogP contribution < -0.4 is 11.1 Å². The Balaban J connectivity index is 2.66. The third kappa shape index (κ3) is 3.57. The third-order valence-corrected chi connectivity index (χ3v) is 3.05. The van der Waals surface area contributed by atoms with Crippen LogP contribution in [0.2, 0.25) is 0 Å². The van der Waals surface area contributed by atoms with Crippen LogP contribution in [0.4, 0.5) is 5.69 Å². The van der Waals surface area contributed by atoms with Gasteiger partial charge in [-0.05, 0) is 40.9 Å². The number of hydrogen-bond acceptors (Lipinski definition) is 3. The van der Waals surface area contributed by atoms with Gasteiger partial charge in [0.25, 0.3) is 0 Å². The topological polar surface area (TPSA) is 68.0 Å². The standard InChI is InChI=1S/C11H16BrN3O/c1-3-4-9(13)11(16)15-8-5-7(2)10(12)14-6-8/h5-6,9H,3-4,13H2,1-2H3,(H,15,16)/t9-/m0/s1. The van der Waals surface area contributed by atoms with Crippen LogP contribution in [0, 0.1) is 6.92 Å². The van der Waals surface area contributed by atoms with E-state index in [1.54, 1.807) is 6.20 Å². The average Bonchev–Trinajstić information content (AvgIpc) is 2.24. The minimum atomic E-state index is -0.450. The molecule has 0 bridgehead atoms. The Morgan fingerprint density at radius 2 is 2.38 bits per heavy atom. The Labute approximate surface area is 104 Å². The zero-order valence-electron chi connectivity index (χ0n) is 9.46. The predicted molar refractivity (Wildman–Crippen MR) is 68.2 cm³/mol. The summed E-state index contributed by atoms with van der Waals surface area (Å²) < 4.78 is 0.781. The van der Waals surface area contributed by atoms with Gasteiger partial charge in [-0.25, -0.2) is 4.98 Å². The molecule has 1 atom stereocenters. The van der Waals surface area contributed by atoms with E-state index in [1.165, 1.54) is 0 Å². The maximum Gasteiger partial charge on any atom is 0.241 e. The quantitative estimate of drug-likeness (QED) is 0.834. The second kappa shape index (κ2) is 5.96. The zero-order chi connectivity index (χ0) is 12.1. The second-order valence-corrected chi connectivity index (χ2v) is 4.47. The van der Waals surface area contributed by atoms with Crippen LogP contribution in [0.25, 0.3) is 0 Å². The van der Waals surface area contributed by atoms with Crippen molar-refractivity contribution in [2.75, 3.05) is 5.32 Å². The number of aromatic nitrogens is 1. The highest BCUT2D eigenvalue weighted by molar-refractivity contribution is 9.10. The van der Waals surface area contributed by atoms with Gasteiger partial charge in [-0.2, -0.15) is 0 Å². The van der Waals surface area contributed by atoms with Gasteiger partial charge in [0.15, 0.2) is 0 Å². The number of anilines is 1. The van der Waals surface area contributed by atoms with E-state index in [0.717, 1.165) is 16.6 Å². The molecule has 1 heterocycles. The van der Waals surface area contributed by atoms with E-state index in [4.69, 9.17) is 5.73 Å². The van der Waals surface area contributed by atoms with E-state index in [1.807, 2.05) is 19.9 Å². The number of pyridine rings is 1. The fourth-order valence-electron chi connectivity index (χ4n) is 1.30. The number of carbonyl (C=O) groups excluding carboxylic acids is 1. The summed E-state index contributed by atoms with van der Waals surface area (Å²) in [6.07, 6.45) is 3.19. The van der Waals surface area contributed by atoms with Crippen LogP contribution in [-0.4, -0.2) is 16.9 Å². The van der Waals surface area contributed by atoms with E-state index < -0.39 is 6.04 Å². The number of aryl methyl sites for hydroxylation is 1. The molecule has 1 rings (SSSR count). The Morgan fingerprint density at radius 3 is 2.94 bits per heavy atom. The Kier molecular flexibility index (Phi) is 4.89. The summed E-state index contributed by atoms with van der Waals surface area (Å²) in [7, 11) is 0. The van der Waals surface area contributed by atoms with Crippen molar-refractivity contribution in [3.8, 4) is 0 Å². The molecule has 0 saturated heterocycles.